The number of aliphatic hydroxyl groups excluding tert-OH is 1. The van der Waals surface area contributed by atoms with Gasteiger partial charge in [-0.2, -0.15) is 0 Å². The molecule has 1 saturated carbocycles. The van der Waals surface area contributed by atoms with Crippen molar-refractivity contribution in [1.29, 1.82) is 0 Å². The van der Waals surface area contributed by atoms with E-state index in [4.69, 9.17) is 0 Å². The Morgan fingerprint density at radius 1 is 1.36 bits per heavy atom. The fourth-order valence-corrected chi connectivity index (χ4v) is 2.09. The van der Waals surface area contributed by atoms with E-state index in [9.17, 15) is 5.11 Å². The Bertz CT molecular complexity index is 340. The highest BCUT2D eigenvalue weighted by Crippen LogP contribution is 2.53. The van der Waals surface area contributed by atoms with Gasteiger partial charge in [-0.25, -0.2) is 0 Å². The number of benzene rings is 1. The zero-order chi connectivity index (χ0) is 10.0. The molecule has 1 aromatic carbocycles. The lowest BCUT2D eigenvalue weighted by Crippen LogP contribution is -2.12. The third-order valence-corrected chi connectivity index (χ3v) is 3.03. The first kappa shape index (κ1) is 9.47. The molecule has 1 aliphatic carbocycles. The molecule has 1 aliphatic rings. The van der Waals surface area contributed by atoms with Crippen molar-refractivity contribution in [2.24, 2.45) is 0 Å². The smallest absolute Gasteiger partial charge is 0.0568 e. The van der Waals surface area contributed by atoms with Crippen LogP contribution in [0.2, 0.25) is 0 Å². The second-order valence-electron chi connectivity index (χ2n) is 3.92. The first-order valence-corrected chi connectivity index (χ1v) is 5.19. The SMILES string of the molecule is CC/C=C1/C[C@@]1(CO)c1ccccc1. The van der Waals surface area contributed by atoms with Crippen LogP contribution in [0.15, 0.2) is 42.0 Å². The van der Waals surface area contributed by atoms with Crippen molar-refractivity contribution < 1.29 is 5.11 Å². The normalized spacial score (nSPS) is 28.0. The van der Waals surface area contributed by atoms with Gasteiger partial charge in [0.05, 0.1) is 6.61 Å². The van der Waals surface area contributed by atoms with Crippen LogP contribution in [-0.2, 0) is 5.41 Å². The molecule has 0 radical (unpaired) electrons. The van der Waals surface area contributed by atoms with Gasteiger partial charge in [0.15, 0.2) is 0 Å². The largest absolute Gasteiger partial charge is 0.395 e. The highest BCUT2D eigenvalue weighted by Gasteiger charge is 2.48. The fraction of sp³-hybridized carbons (Fsp3) is 0.385. The summed E-state index contributed by atoms with van der Waals surface area (Å²) in [6.45, 7) is 2.38. The van der Waals surface area contributed by atoms with Gasteiger partial charge in [-0.1, -0.05) is 48.9 Å². The molecule has 1 aromatic rings. The van der Waals surface area contributed by atoms with Crippen molar-refractivity contribution in [3.05, 3.63) is 47.5 Å². The Balaban J connectivity index is 2.30. The summed E-state index contributed by atoms with van der Waals surface area (Å²) in [7, 11) is 0. The highest BCUT2D eigenvalue weighted by atomic mass is 16.3. The molecule has 1 atom stereocenters. The van der Waals surface area contributed by atoms with Gasteiger partial charge < -0.3 is 5.11 Å². The van der Waals surface area contributed by atoms with Crippen LogP contribution < -0.4 is 0 Å². The topological polar surface area (TPSA) is 20.2 Å². The molecule has 1 nitrogen and oxygen atoms in total. The molecule has 0 spiro atoms. The summed E-state index contributed by atoms with van der Waals surface area (Å²) in [5, 5.41) is 9.47. The van der Waals surface area contributed by atoms with Crippen molar-refractivity contribution in [3.63, 3.8) is 0 Å². The van der Waals surface area contributed by atoms with Crippen molar-refractivity contribution >= 4 is 0 Å². The maximum absolute atomic E-state index is 9.47. The summed E-state index contributed by atoms with van der Waals surface area (Å²) in [5.74, 6) is 0. The van der Waals surface area contributed by atoms with Crippen LogP contribution in [0.1, 0.15) is 25.3 Å². The number of aliphatic hydroxyl groups is 1. The van der Waals surface area contributed by atoms with Crippen LogP contribution in [0, 0.1) is 0 Å². The minimum atomic E-state index is -0.0305. The molecule has 0 aliphatic heterocycles. The van der Waals surface area contributed by atoms with Gasteiger partial charge in [-0.05, 0) is 18.4 Å². The molecule has 1 fully saturated rings. The quantitative estimate of drug-likeness (QED) is 0.723. The minimum absolute atomic E-state index is 0.0305. The molecule has 74 valence electrons. The van der Waals surface area contributed by atoms with Crippen molar-refractivity contribution in [1.82, 2.24) is 0 Å². The molecule has 1 heteroatoms. The van der Waals surface area contributed by atoms with Crippen LogP contribution in [0.3, 0.4) is 0 Å². The lowest BCUT2D eigenvalue weighted by Gasteiger charge is -2.11. The third kappa shape index (κ3) is 1.38. The van der Waals surface area contributed by atoms with E-state index in [-0.39, 0.29) is 12.0 Å². The molecule has 1 N–H and O–H groups in total. The Hall–Kier alpha value is -1.08. The lowest BCUT2D eigenvalue weighted by molar-refractivity contribution is 0.261. The number of hydrogen-bond acceptors (Lipinski definition) is 1. The molecular formula is C13H16O. The molecule has 2 rings (SSSR count). The van der Waals surface area contributed by atoms with Gasteiger partial charge in [0, 0.05) is 5.41 Å². The Kier molecular flexibility index (Phi) is 2.42. The summed E-state index contributed by atoms with van der Waals surface area (Å²) in [4.78, 5) is 0. The average Bonchev–Trinajstić information content (AvgIpc) is 2.95. The van der Waals surface area contributed by atoms with E-state index < -0.39 is 0 Å². The van der Waals surface area contributed by atoms with Crippen LogP contribution in [0.4, 0.5) is 0 Å². The monoisotopic (exact) mass is 188 g/mol. The van der Waals surface area contributed by atoms with Crippen molar-refractivity contribution in [2.45, 2.75) is 25.2 Å². The Morgan fingerprint density at radius 3 is 2.64 bits per heavy atom. The van der Waals surface area contributed by atoms with Crippen molar-refractivity contribution in [2.75, 3.05) is 6.61 Å². The summed E-state index contributed by atoms with van der Waals surface area (Å²) >= 11 is 0. The Labute approximate surface area is 85.1 Å². The third-order valence-electron chi connectivity index (χ3n) is 3.03. The van der Waals surface area contributed by atoms with E-state index in [0.717, 1.165) is 12.8 Å². The molecule has 14 heavy (non-hydrogen) atoms. The summed E-state index contributed by atoms with van der Waals surface area (Å²) < 4.78 is 0. The van der Waals surface area contributed by atoms with E-state index >= 15 is 0 Å². The first-order chi connectivity index (χ1) is 6.83. The molecule has 0 saturated heterocycles. The maximum atomic E-state index is 9.47. The van der Waals surface area contributed by atoms with E-state index in [1.807, 2.05) is 18.2 Å². The first-order valence-electron chi connectivity index (χ1n) is 5.19. The van der Waals surface area contributed by atoms with E-state index in [2.05, 4.69) is 25.1 Å². The summed E-state index contributed by atoms with van der Waals surface area (Å²) in [6, 6.07) is 10.3. The fourth-order valence-electron chi connectivity index (χ4n) is 2.09. The van der Waals surface area contributed by atoms with Gasteiger partial charge in [-0.15, -0.1) is 0 Å². The second-order valence-corrected chi connectivity index (χ2v) is 3.92. The summed E-state index contributed by atoms with van der Waals surface area (Å²) in [5.41, 5.74) is 2.62. The molecule has 0 heterocycles. The molecule has 0 amide bonds. The van der Waals surface area contributed by atoms with Gasteiger partial charge in [0.25, 0.3) is 0 Å². The van der Waals surface area contributed by atoms with Crippen LogP contribution in [0.5, 0.6) is 0 Å². The highest BCUT2D eigenvalue weighted by molar-refractivity contribution is 5.49. The predicted molar refractivity (Wildman–Crippen MR) is 58.2 cm³/mol. The number of allylic oxidation sites excluding steroid dienone is 1. The van der Waals surface area contributed by atoms with Crippen LogP contribution >= 0.6 is 0 Å². The van der Waals surface area contributed by atoms with Gasteiger partial charge in [0.1, 0.15) is 0 Å². The molecule has 0 unspecified atom stereocenters. The van der Waals surface area contributed by atoms with Crippen LogP contribution in [-0.4, -0.2) is 11.7 Å². The number of rotatable bonds is 3. The van der Waals surface area contributed by atoms with Crippen LogP contribution in [0.25, 0.3) is 0 Å². The van der Waals surface area contributed by atoms with Gasteiger partial charge in [0.2, 0.25) is 0 Å². The maximum Gasteiger partial charge on any atom is 0.0568 e. The van der Waals surface area contributed by atoms with Crippen molar-refractivity contribution in [3.8, 4) is 0 Å². The minimum Gasteiger partial charge on any atom is -0.395 e. The average molecular weight is 188 g/mol. The zero-order valence-corrected chi connectivity index (χ0v) is 8.53. The molecule has 0 bridgehead atoms. The number of hydrogen-bond donors (Lipinski definition) is 1. The molecule has 0 aromatic heterocycles. The van der Waals surface area contributed by atoms with E-state index in [1.54, 1.807) is 0 Å². The van der Waals surface area contributed by atoms with Gasteiger partial charge >= 0.3 is 0 Å². The zero-order valence-electron chi connectivity index (χ0n) is 8.53. The van der Waals surface area contributed by atoms with Gasteiger partial charge in [-0.3, -0.25) is 0 Å². The second kappa shape index (κ2) is 3.58. The standard InChI is InChI=1S/C13H16O/c1-2-6-12-9-13(12,10-14)11-7-4-3-5-8-11/h3-8,14H,2,9-10H2,1H3/b12-6-/t13-/m1/s1. The van der Waals surface area contributed by atoms with E-state index in [0.29, 0.717) is 0 Å². The molecular weight excluding hydrogens is 172 g/mol. The summed E-state index contributed by atoms with van der Waals surface area (Å²) in [6.07, 6.45) is 4.33. The van der Waals surface area contributed by atoms with E-state index in [1.165, 1.54) is 11.1 Å². The lowest BCUT2D eigenvalue weighted by atomic mass is 9.96. The predicted octanol–water partition coefficient (Wildman–Crippen LogP) is 2.66. The Morgan fingerprint density at radius 2 is 2.07 bits per heavy atom.